The van der Waals surface area contributed by atoms with E-state index < -0.39 is 95.3 Å². The summed E-state index contributed by atoms with van der Waals surface area (Å²) in [4.78, 5) is 81.2. The highest BCUT2D eigenvalue weighted by Gasteiger charge is 2.58. The molecule has 0 saturated carbocycles. The third-order valence-electron chi connectivity index (χ3n) is 12.4. The van der Waals surface area contributed by atoms with E-state index >= 15 is 0 Å². The molecule has 0 fully saturated rings. The van der Waals surface area contributed by atoms with E-state index in [4.69, 9.17) is 0 Å². The van der Waals surface area contributed by atoms with Crippen LogP contribution >= 0.6 is 0 Å². The number of H-pyrrole nitrogens is 2. The van der Waals surface area contributed by atoms with Crippen molar-refractivity contribution in [3.8, 4) is 23.0 Å². The lowest BCUT2D eigenvalue weighted by molar-refractivity contribution is -0.284. The second kappa shape index (κ2) is 17.6. The van der Waals surface area contributed by atoms with Gasteiger partial charge in [0.25, 0.3) is 11.1 Å². The van der Waals surface area contributed by atoms with Crippen molar-refractivity contribution in [3.63, 3.8) is 0 Å². The largest absolute Gasteiger partial charge is 0.453 e. The molecule has 18 nitrogen and oxygen atoms in total. The number of anilines is 2. The molecule has 2 aliphatic heterocycles. The number of nitrogens with zero attached hydrogens (tertiary/aromatic N) is 10. The number of aromatic nitrogens is 12. The zero-order valence-corrected chi connectivity index (χ0v) is 37.4. The topological polar surface area (TPSA) is 236 Å². The van der Waals surface area contributed by atoms with Crippen LogP contribution in [0.25, 0.3) is 34.3 Å². The molecule has 2 amide bonds. The van der Waals surface area contributed by atoms with E-state index in [1.807, 2.05) is 0 Å². The van der Waals surface area contributed by atoms with E-state index in [-0.39, 0.29) is 79.6 Å². The Morgan fingerprint density at radius 3 is 1.26 bits per heavy atom. The Morgan fingerprint density at radius 1 is 0.541 bits per heavy atom. The maximum Gasteiger partial charge on any atom is 0.453 e. The smallest absolute Gasteiger partial charge is 0.309 e. The number of carbonyl (C=O) groups excluding carboxylic acids is 2. The molecule has 0 aliphatic carbocycles. The number of halogens is 12. The lowest BCUT2D eigenvalue weighted by Gasteiger charge is -2.22. The minimum Gasteiger partial charge on any atom is -0.309 e. The molecule has 8 aromatic rings. The first-order valence-electron chi connectivity index (χ1n) is 21.4. The van der Waals surface area contributed by atoms with E-state index in [0.717, 1.165) is 33.8 Å². The molecule has 8 heterocycles. The minimum atomic E-state index is -5.75. The summed E-state index contributed by atoms with van der Waals surface area (Å²) in [6, 6.07) is 10.9. The first kappa shape index (κ1) is 50.3. The Morgan fingerprint density at radius 2 is 0.905 bits per heavy atom. The number of aryl methyl sites for hydroxylation is 2. The number of benzene rings is 2. The van der Waals surface area contributed by atoms with Crippen molar-refractivity contribution in [3.05, 3.63) is 140 Å². The molecule has 384 valence electrons. The highest BCUT2D eigenvalue weighted by molar-refractivity contribution is 6.08. The molecule has 2 aliphatic rings. The van der Waals surface area contributed by atoms with Gasteiger partial charge in [-0.1, -0.05) is 36.4 Å². The molecule has 4 N–H and O–H groups in total. The van der Waals surface area contributed by atoms with Crippen molar-refractivity contribution < 1.29 is 62.3 Å². The monoisotopic (exact) mass is 1050 g/mol. The molecule has 10 rings (SSSR count). The van der Waals surface area contributed by atoms with Gasteiger partial charge < -0.3 is 20.6 Å². The molecule has 0 spiro atoms. The summed E-state index contributed by atoms with van der Waals surface area (Å²) in [5.74, 6) is -13.6. The Kier molecular flexibility index (Phi) is 11.9. The third-order valence-corrected chi connectivity index (χ3v) is 12.4. The predicted octanol–water partition coefficient (Wildman–Crippen LogP) is 6.80. The fourth-order valence-corrected chi connectivity index (χ4v) is 8.42. The minimum absolute atomic E-state index is 0.0543. The van der Waals surface area contributed by atoms with Crippen LogP contribution < -0.4 is 21.8 Å². The first-order chi connectivity index (χ1) is 34.7. The summed E-state index contributed by atoms with van der Waals surface area (Å²) in [5, 5.41) is 12.6. The van der Waals surface area contributed by atoms with E-state index in [1.165, 1.54) is 62.6 Å². The zero-order chi connectivity index (χ0) is 53.5. The van der Waals surface area contributed by atoms with Crippen LogP contribution in [-0.4, -0.2) is 95.1 Å². The molecule has 2 atom stereocenters. The van der Waals surface area contributed by atoms with Crippen LogP contribution in [0.1, 0.15) is 60.3 Å². The molecule has 0 bridgehead atoms. The summed E-state index contributed by atoms with van der Waals surface area (Å²) in [5.41, 5.74) is -6.37. The van der Waals surface area contributed by atoms with Gasteiger partial charge in [-0.05, 0) is 38.8 Å². The molecular weight excluding hydrogens is 1020 g/mol. The number of nitrogens with one attached hydrogen (secondary N) is 4. The number of hydrogen-bond acceptors (Lipinski definition) is 12. The van der Waals surface area contributed by atoms with Gasteiger partial charge in [0.1, 0.15) is 58.1 Å². The van der Waals surface area contributed by atoms with Crippen molar-refractivity contribution >= 4 is 34.7 Å². The third kappa shape index (κ3) is 8.40. The molecule has 2 aromatic carbocycles. The Labute approximate surface area is 403 Å². The van der Waals surface area contributed by atoms with E-state index in [9.17, 15) is 71.9 Å². The Balaban J connectivity index is 0.000000182. The van der Waals surface area contributed by atoms with E-state index in [2.05, 4.69) is 60.7 Å². The van der Waals surface area contributed by atoms with Crippen molar-refractivity contribution in [2.75, 3.05) is 10.6 Å². The lowest BCUT2D eigenvalue weighted by atomic mass is 9.78. The van der Waals surface area contributed by atoms with Crippen LogP contribution in [-0.2, 0) is 33.3 Å². The van der Waals surface area contributed by atoms with E-state index in [0.29, 0.717) is 0 Å². The van der Waals surface area contributed by atoms with Gasteiger partial charge in [0, 0.05) is 24.0 Å². The number of amides is 2. The van der Waals surface area contributed by atoms with Crippen molar-refractivity contribution in [1.29, 1.82) is 0 Å². The number of carbonyl (C=O) groups is 2. The maximum atomic E-state index is 14.6. The predicted molar refractivity (Wildman–Crippen MR) is 231 cm³/mol. The maximum absolute atomic E-state index is 14.6. The van der Waals surface area contributed by atoms with Gasteiger partial charge in [0.2, 0.25) is 11.8 Å². The van der Waals surface area contributed by atoms with Gasteiger partial charge >= 0.3 is 24.2 Å². The summed E-state index contributed by atoms with van der Waals surface area (Å²) < 4.78 is 161. The van der Waals surface area contributed by atoms with Crippen LogP contribution in [0.2, 0.25) is 0 Å². The summed E-state index contributed by atoms with van der Waals surface area (Å²) in [6.45, 7) is 2.73. The van der Waals surface area contributed by atoms with Crippen molar-refractivity contribution in [2.45, 2.75) is 74.6 Å². The normalized spacial score (nSPS) is 17.8. The standard InChI is InChI=1S/2C22H15F6N7O2/c2*1-20(10-4-2-3-5-11(10)23)14-16(34-19(20)37)32-15(33-18(14)36)13-8-35-17(29-9-30-35)12(31-13)6-7-21(24,25)22(26,27)28/h2*2-5,8-9H,6-7H2,1H3,(H2,32,33,34,36,37). The van der Waals surface area contributed by atoms with Crippen LogP contribution in [0, 0.1) is 11.6 Å². The van der Waals surface area contributed by atoms with Gasteiger partial charge in [-0.2, -0.15) is 54.1 Å². The van der Waals surface area contributed by atoms with Crippen molar-refractivity contribution in [2.24, 2.45) is 0 Å². The second-order valence-corrected chi connectivity index (χ2v) is 17.0. The molecule has 2 unspecified atom stereocenters. The molecule has 0 saturated heterocycles. The fraction of sp³-hybridized carbons (Fsp3) is 0.273. The van der Waals surface area contributed by atoms with Crippen LogP contribution in [0.3, 0.4) is 0 Å². The number of alkyl halides is 10. The Hall–Kier alpha value is -8.60. The van der Waals surface area contributed by atoms with Gasteiger partial charge in [0.05, 0.1) is 34.9 Å². The van der Waals surface area contributed by atoms with E-state index in [1.54, 1.807) is 0 Å². The molecular formula is C44H30F12N14O4. The molecule has 30 heteroatoms. The highest BCUT2D eigenvalue weighted by Crippen LogP contribution is 2.44. The first-order valence-corrected chi connectivity index (χ1v) is 21.4. The fourth-order valence-electron chi connectivity index (χ4n) is 8.42. The van der Waals surface area contributed by atoms with Gasteiger partial charge in [-0.3, -0.25) is 19.2 Å². The molecule has 6 aromatic heterocycles. The zero-order valence-electron chi connectivity index (χ0n) is 37.4. The summed E-state index contributed by atoms with van der Waals surface area (Å²) in [6.07, 6.45) is -11.8. The summed E-state index contributed by atoms with van der Waals surface area (Å²) in [7, 11) is 0. The van der Waals surface area contributed by atoms with Gasteiger partial charge in [0.15, 0.2) is 22.9 Å². The Bertz CT molecular complexity index is 3470. The van der Waals surface area contributed by atoms with Gasteiger partial charge in [-0.15, -0.1) is 0 Å². The van der Waals surface area contributed by atoms with Crippen LogP contribution in [0.15, 0.2) is 83.2 Å². The quantitative estimate of drug-likeness (QED) is 0.104. The average Bonchev–Trinajstić information content (AvgIpc) is 4.12. The molecule has 74 heavy (non-hydrogen) atoms. The highest BCUT2D eigenvalue weighted by atomic mass is 19.4. The number of hydrogen-bond donors (Lipinski definition) is 4. The number of fused-ring (bicyclic) bond motifs is 4. The lowest BCUT2D eigenvalue weighted by Crippen LogP contribution is -2.37. The van der Waals surface area contributed by atoms with Crippen molar-refractivity contribution in [1.82, 2.24) is 59.1 Å². The second-order valence-electron chi connectivity index (χ2n) is 17.0. The van der Waals surface area contributed by atoms with Crippen LogP contribution in [0.4, 0.5) is 64.3 Å². The van der Waals surface area contributed by atoms with Gasteiger partial charge in [-0.25, -0.2) is 47.7 Å². The van der Waals surface area contributed by atoms with Crippen LogP contribution in [0.5, 0.6) is 0 Å². The number of rotatable bonds is 10. The molecule has 0 radical (unpaired) electrons. The number of aromatic amines is 2. The SMILES string of the molecule is CC1(c2ccccc2F)C(=O)Nc2nc(-c3cn4ncnc4c(CCC(F)(F)C(F)(F)F)n3)[nH]c(=O)c21.CC1(c2ccccc2F)C(=O)Nc2nc(-c3cn4ncnc4c(CCC(F)(F)C(F)(F)F)n3)[nH]c(=O)c21. The summed E-state index contributed by atoms with van der Waals surface area (Å²) >= 11 is 0. The average molecular weight is 1050 g/mol.